The fraction of sp³-hybridized carbons (Fsp3) is 0.571. The molecule has 0 unspecified atom stereocenters. The molecule has 0 saturated heterocycles. The second-order valence-electron chi connectivity index (χ2n) is 1.83. The fourth-order valence-corrected chi connectivity index (χ4v) is 0.645. The molecule has 0 rings (SSSR count). The highest BCUT2D eigenvalue weighted by Crippen LogP contribution is 2.13. The van der Waals surface area contributed by atoms with Crippen LogP contribution < -0.4 is 0 Å². The molecule has 0 amide bonds. The van der Waals surface area contributed by atoms with Crippen LogP contribution in [0.4, 0.5) is 0 Å². The Labute approximate surface area is 65.0 Å². The molecule has 0 spiro atoms. The van der Waals surface area contributed by atoms with E-state index in [4.69, 9.17) is 0 Å². The van der Waals surface area contributed by atoms with Crippen molar-refractivity contribution in [2.45, 2.75) is 20.3 Å². The zero-order valence-electron chi connectivity index (χ0n) is 6.11. The molecule has 0 saturated carbocycles. The van der Waals surface area contributed by atoms with Crippen LogP contribution in [-0.2, 0) is 0 Å². The first-order valence-electron chi connectivity index (χ1n) is 2.99. The molecule has 52 valence electrons. The first-order chi connectivity index (χ1) is 4.22. The summed E-state index contributed by atoms with van der Waals surface area (Å²) >= 11 is 3.43. The number of hydrogen-bond acceptors (Lipinski definition) is 1. The SMILES string of the molecule is CC/C(Br)=C(/C)C=NC. The van der Waals surface area contributed by atoms with Gasteiger partial charge in [0, 0.05) is 13.3 Å². The number of halogens is 1. The van der Waals surface area contributed by atoms with Gasteiger partial charge in [0.25, 0.3) is 0 Å². The molecule has 0 bridgehead atoms. The van der Waals surface area contributed by atoms with E-state index in [0.29, 0.717) is 0 Å². The van der Waals surface area contributed by atoms with Crippen molar-refractivity contribution in [1.29, 1.82) is 0 Å². The lowest BCUT2D eigenvalue weighted by Gasteiger charge is -1.94. The van der Waals surface area contributed by atoms with Gasteiger partial charge in [-0.2, -0.15) is 0 Å². The summed E-state index contributed by atoms with van der Waals surface area (Å²) in [4.78, 5) is 3.89. The van der Waals surface area contributed by atoms with E-state index in [1.165, 1.54) is 10.1 Å². The normalized spacial score (nSPS) is 14.2. The topological polar surface area (TPSA) is 12.4 Å². The summed E-state index contributed by atoms with van der Waals surface area (Å²) in [7, 11) is 1.78. The molecular formula is C7H12BrN. The van der Waals surface area contributed by atoms with Crippen molar-refractivity contribution in [3.8, 4) is 0 Å². The molecule has 0 fully saturated rings. The first kappa shape index (κ1) is 8.89. The summed E-state index contributed by atoms with van der Waals surface area (Å²) in [6, 6.07) is 0. The van der Waals surface area contributed by atoms with E-state index in [1.54, 1.807) is 7.05 Å². The highest BCUT2D eigenvalue weighted by Gasteiger charge is 1.89. The zero-order chi connectivity index (χ0) is 7.28. The van der Waals surface area contributed by atoms with Crippen LogP contribution in [0.5, 0.6) is 0 Å². The van der Waals surface area contributed by atoms with Crippen molar-refractivity contribution in [2.75, 3.05) is 7.05 Å². The highest BCUT2D eigenvalue weighted by molar-refractivity contribution is 9.11. The van der Waals surface area contributed by atoms with Gasteiger partial charge in [-0.1, -0.05) is 22.9 Å². The average Bonchev–Trinajstić information content (AvgIpc) is 1.87. The molecule has 9 heavy (non-hydrogen) atoms. The van der Waals surface area contributed by atoms with Crippen LogP contribution in [0.3, 0.4) is 0 Å². The molecule has 0 aliphatic heterocycles. The second kappa shape index (κ2) is 4.74. The minimum Gasteiger partial charge on any atom is -0.296 e. The van der Waals surface area contributed by atoms with Crippen LogP contribution in [0.1, 0.15) is 20.3 Å². The van der Waals surface area contributed by atoms with E-state index in [9.17, 15) is 0 Å². The van der Waals surface area contributed by atoms with E-state index < -0.39 is 0 Å². The molecular weight excluding hydrogens is 178 g/mol. The summed E-state index contributed by atoms with van der Waals surface area (Å²) in [5.74, 6) is 0. The molecule has 0 radical (unpaired) electrons. The molecule has 0 aromatic rings. The van der Waals surface area contributed by atoms with Crippen molar-refractivity contribution in [1.82, 2.24) is 0 Å². The van der Waals surface area contributed by atoms with E-state index in [-0.39, 0.29) is 0 Å². The number of hydrogen-bond donors (Lipinski definition) is 0. The number of allylic oxidation sites excluding steroid dienone is 2. The van der Waals surface area contributed by atoms with E-state index in [0.717, 1.165) is 6.42 Å². The van der Waals surface area contributed by atoms with Gasteiger partial charge in [-0.25, -0.2) is 0 Å². The van der Waals surface area contributed by atoms with Crippen molar-refractivity contribution < 1.29 is 0 Å². The minimum absolute atomic E-state index is 1.04. The third-order valence-corrected chi connectivity index (χ3v) is 2.25. The van der Waals surface area contributed by atoms with Gasteiger partial charge in [0.05, 0.1) is 0 Å². The third-order valence-electron chi connectivity index (χ3n) is 1.06. The van der Waals surface area contributed by atoms with Crippen LogP contribution in [0, 0.1) is 0 Å². The van der Waals surface area contributed by atoms with Crippen molar-refractivity contribution in [2.24, 2.45) is 4.99 Å². The van der Waals surface area contributed by atoms with E-state index in [2.05, 4.69) is 27.8 Å². The molecule has 0 heterocycles. The predicted molar refractivity (Wildman–Crippen MR) is 46.3 cm³/mol. The molecule has 0 aliphatic carbocycles. The van der Waals surface area contributed by atoms with Gasteiger partial charge in [0.15, 0.2) is 0 Å². The zero-order valence-corrected chi connectivity index (χ0v) is 7.70. The summed E-state index contributed by atoms with van der Waals surface area (Å²) < 4.78 is 1.23. The second-order valence-corrected chi connectivity index (χ2v) is 2.79. The van der Waals surface area contributed by atoms with Crippen LogP contribution in [0.25, 0.3) is 0 Å². The van der Waals surface area contributed by atoms with Gasteiger partial charge in [0.2, 0.25) is 0 Å². The summed E-state index contributed by atoms with van der Waals surface area (Å²) in [5.41, 5.74) is 1.21. The Kier molecular flexibility index (Phi) is 4.68. The first-order valence-corrected chi connectivity index (χ1v) is 3.79. The Bertz CT molecular complexity index is 136. The lowest BCUT2D eigenvalue weighted by molar-refractivity contribution is 1.19. The average molecular weight is 190 g/mol. The standard InChI is InChI=1S/C7H12BrN/c1-4-7(8)6(2)5-9-3/h5H,4H2,1-3H3/b7-6+,9-5?. The number of aliphatic imine (C=N–C) groups is 1. The molecule has 0 aliphatic rings. The Hall–Kier alpha value is -0.110. The predicted octanol–water partition coefficient (Wildman–Crippen LogP) is 2.77. The largest absolute Gasteiger partial charge is 0.296 e. The van der Waals surface area contributed by atoms with Gasteiger partial charge in [0.1, 0.15) is 0 Å². The van der Waals surface area contributed by atoms with Gasteiger partial charge < -0.3 is 0 Å². The third kappa shape index (κ3) is 3.46. The highest BCUT2D eigenvalue weighted by atomic mass is 79.9. The van der Waals surface area contributed by atoms with Crippen LogP contribution in [-0.4, -0.2) is 13.3 Å². The Balaban J connectivity index is 4.10. The number of rotatable bonds is 2. The van der Waals surface area contributed by atoms with Gasteiger partial charge in [-0.15, -0.1) is 0 Å². The molecule has 0 N–H and O–H groups in total. The maximum Gasteiger partial charge on any atom is 0.0277 e. The molecule has 1 nitrogen and oxygen atoms in total. The van der Waals surface area contributed by atoms with Gasteiger partial charge in [-0.3, -0.25) is 4.99 Å². The molecule has 0 aromatic carbocycles. The summed E-state index contributed by atoms with van der Waals surface area (Å²) in [6.07, 6.45) is 2.89. The smallest absolute Gasteiger partial charge is 0.0277 e. The lowest BCUT2D eigenvalue weighted by Crippen LogP contribution is -1.80. The van der Waals surface area contributed by atoms with Gasteiger partial charge in [-0.05, 0) is 23.4 Å². The lowest BCUT2D eigenvalue weighted by atomic mass is 10.3. The van der Waals surface area contributed by atoms with Crippen LogP contribution in [0.2, 0.25) is 0 Å². The number of nitrogens with zero attached hydrogens (tertiary/aromatic N) is 1. The Morgan fingerprint density at radius 2 is 2.22 bits per heavy atom. The van der Waals surface area contributed by atoms with E-state index >= 15 is 0 Å². The van der Waals surface area contributed by atoms with Crippen molar-refractivity contribution in [3.05, 3.63) is 10.1 Å². The maximum absolute atomic E-state index is 3.89. The minimum atomic E-state index is 1.04. The monoisotopic (exact) mass is 189 g/mol. The molecule has 0 atom stereocenters. The maximum atomic E-state index is 3.89. The van der Waals surface area contributed by atoms with Gasteiger partial charge >= 0.3 is 0 Å². The quantitative estimate of drug-likeness (QED) is 0.593. The molecule has 2 heteroatoms. The fourth-order valence-electron chi connectivity index (χ4n) is 0.543. The summed E-state index contributed by atoms with van der Waals surface area (Å²) in [6.45, 7) is 4.15. The van der Waals surface area contributed by atoms with Crippen LogP contribution >= 0.6 is 15.9 Å². The van der Waals surface area contributed by atoms with Crippen molar-refractivity contribution in [3.63, 3.8) is 0 Å². The van der Waals surface area contributed by atoms with E-state index in [1.807, 2.05) is 13.1 Å². The Morgan fingerprint density at radius 1 is 1.67 bits per heavy atom. The molecule has 0 aromatic heterocycles. The van der Waals surface area contributed by atoms with Crippen molar-refractivity contribution >= 4 is 22.1 Å². The summed E-state index contributed by atoms with van der Waals surface area (Å²) in [5, 5.41) is 0. The van der Waals surface area contributed by atoms with Crippen LogP contribution in [0.15, 0.2) is 15.0 Å². The Morgan fingerprint density at radius 3 is 2.56 bits per heavy atom.